The van der Waals surface area contributed by atoms with Crippen molar-refractivity contribution in [2.24, 2.45) is 5.92 Å². The van der Waals surface area contributed by atoms with E-state index in [0.29, 0.717) is 11.1 Å². The summed E-state index contributed by atoms with van der Waals surface area (Å²) in [4.78, 5) is 4.12. The highest BCUT2D eigenvalue weighted by Gasteiger charge is 2.24. The second kappa shape index (κ2) is 3.67. The smallest absolute Gasteiger partial charge is 0.129 e. The molecule has 0 spiro atoms. The molecule has 2 rings (SSSR count). The van der Waals surface area contributed by atoms with E-state index in [0.717, 1.165) is 5.92 Å². The zero-order valence-corrected chi connectivity index (χ0v) is 8.59. The van der Waals surface area contributed by atoms with Crippen LogP contribution in [-0.4, -0.2) is 4.98 Å². The predicted octanol–water partition coefficient (Wildman–Crippen LogP) is 3.64. The summed E-state index contributed by atoms with van der Waals surface area (Å²) in [5, 5.41) is 0.592. The number of rotatable bonds is 1. The van der Waals surface area contributed by atoms with Crippen molar-refractivity contribution in [2.45, 2.75) is 32.1 Å². The number of halogens is 1. The van der Waals surface area contributed by atoms with Crippen molar-refractivity contribution in [1.82, 2.24) is 4.98 Å². The van der Waals surface area contributed by atoms with E-state index in [1.165, 1.54) is 24.8 Å². The lowest BCUT2D eigenvalue weighted by Crippen LogP contribution is -2.01. The van der Waals surface area contributed by atoms with Crippen LogP contribution >= 0.6 is 11.6 Å². The molecule has 13 heavy (non-hydrogen) atoms. The van der Waals surface area contributed by atoms with Crippen LogP contribution in [-0.2, 0) is 0 Å². The lowest BCUT2D eigenvalue weighted by atomic mass is 9.91. The molecule has 1 aromatic heterocycles. The van der Waals surface area contributed by atoms with Crippen molar-refractivity contribution >= 4 is 11.6 Å². The van der Waals surface area contributed by atoms with E-state index in [2.05, 4.69) is 18.0 Å². The van der Waals surface area contributed by atoms with E-state index >= 15 is 0 Å². The van der Waals surface area contributed by atoms with Gasteiger partial charge in [0.25, 0.3) is 0 Å². The third-order valence-corrected chi connectivity index (χ3v) is 3.26. The monoisotopic (exact) mass is 195 g/mol. The van der Waals surface area contributed by atoms with E-state index in [9.17, 15) is 0 Å². The van der Waals surface area contributed by atoms with Gasteiger partial charge in [0.2, 0.25) is 0 Å². The van der Waals surface area contributed by atoms with E-state index in [1.54, 1.807) is 0 Å². The SMILES string of the molecule is C[C@@H]1CCCC1c1ccc(Cl)nc1. The summed E-state index contributed by atoms with van der Waals surface area (Å²) in [7, 11) is 0. The van der Waals surface area contributed by atoms with Crippen LogP contribution in [0.2, 0.25) is 5.15 Å². The van der Waals surface area contributed by atoms with Crippen LogP contribution in [0, 0.1) is 5.92 Å². The minimum atomic E-state index is 0.592. The standard InChI is InChI=1S/C11H14ClN/c1-8-3-2-4-10(8)9-5-6-11(12)13-7-9/h5-8,10H,2-4H2,1H3/t8-,10?/m1/s1. The minimum absolute atomic E-state index is 0.592. The molecular weight excluding hydrogens is 182 g/mol. The average Bonchev–Trinajstić information content (AvgIpc) is 2.53. The maximum Gasteiger partial charge on any atom is 0.129 e. The molecule has 0 aromatic carbocycles. The number of hydrogen-bond donors (Lipinski definition) is 0. The molecule has 1 unspecified atom stereocenters. The van der Waals surface area contributed by atoms with Crippen molar-refractivity contribution < 1.29 is 0 Å². The number of nitrogens with zero attached hydrogens (tertiary/aromatic N) is 1. The van der Waals surface area contributed by atoms with Crippen molar-refractivity contribution in [2.75, 3.05) is 0 Å². The summed E-state index contributed by atoms with van der Waals surface area (Å²) in [6.45, 7) is 2.33. The summed E-state index contributed by atoms with van der Waals surface area (Å²) < 4.78 is 0. The Kier molecular flexibility index (Phi) is 2.54. The molecule has 1 aliphatic rings. The number of aromatic nitrogens is 1. The highest BCUT2D eigenvalue weighted by Crippen LogP contribution is 2.38. The summed E-state index contributed by atoms with van der Waals surface area (Å²) in [6, 6.07) is 4.00. The molecule has 1 nitrogen and oxygen atoms in total. The van der Waals surface area contributed by atoms with Crippen LogP contribution in [0.4, 0.5) is 0 Å². The van der Waals surface area contributed by atoms with Crippen LogP contribution in [0.15, 0.2) is 18.3 Å². The van der Waals surface area contributed by atoms with Gasteiger partial charge in [-0.2, -0.15) is 0 Å². The molecule has 1 fully saturated rings. The second-order valence-electron chi connectivity index (χ2n) is 3.93. The Morgan fingerprint density at radius 1 is 1.38 bits per heavy atom. The third-order valence-electron chi connectivity index (χ3n) is 3.04. The highest BCUT2D eigenvalue weighted by atomic mass is 35.5. The Morgan fingerprint density at radius 2 is 2.23 bits per heavy atom. The molecule has 2 atom stereocenters. The third kappa shape index (κ3) is 1.86. The normalized spacial score (nSPS) is 27.8. The largest absolute Gasteiger partial charge is 0.244 e. The zero-order chi connectivity index (χ0) is 9.26. The zero-order valence-electron chi connectivity index (χ0n) is 7.83. The fourth-order valence-electron chi connectivity index (χ4n) is 2.25. The van der Waals surface area contributed by atoms with Crippen LogP contribution in [0.3, 0.4) is 0 Å². The molecule has 70 valence electrons. The predicted molar refractivity (Wildman–Crippen MR) is 55.0 cm³/mol. The molecule has 1 aromatic rings. The molecule has 0 radical (unpaired) electrons. The topological polar surface area (TPSA) is 12.9 Å². The van der Waals surface area contributed by atoms with Crippen molar-refractivity contribution in [3.05, 3.63) is 29.0 Å². The molecule has 2 heteroatoms. The lowest BCUT2D eigenvalue weighted by molar-refractivity contribution is 0.532. The Labute approximate surface area is 84.1 Å². The van der Waals surface area contributed by atoms with Crippen LogP contribution in [0.25, 0.3) is 0 Å². The van der Waals surface area contributed by atoms with Gasteiger partial charge in [0, 0.05) is 6.20 Å². The minimum Gasteiger partial charge on any atom is -0.244 e. The van der Waals surface area contributed by atoms with E-state index < -0.39 is 0 Å². The number of hydrogen-bond acceptors (Lipinski definition) is 1. The van der Waals surface area contributed by atoms with Gasteiger partial charge in [-0.25, -0.2) is 4.98 Å². The van der Waals surface area contributed by atoms with Crippen molar-refractivity contribution in [1.29, 1.82) is 0 Å². The van der Waals surface area contributed by atoms with Gasteiger partial charge in [0.15, 0.2) is 0 Å². The van der Waals surface area contributed by atoms with E-state index in [-0.39, 0.29) is 0 Å². The molecule has 0 saturated heterocycles. The molecule has 1 heterocycles. The fraction of sp³-hybridized carbons (Fsp3) is 0.545. The average molecular weight is 196 g/mol. The van der Waals surface area contributed by atoms with Crippen LogP contribution in [0.5, 0.6) is 0 Å². The van der Waals surface area contributed by atoms with Gasteiger partial charge in [-0.15, -0.1) is 0 Å². The van der Waals surface area contributed by atoms with Gasteiger partial charge in [-0.05, 0) is 29.9 Å². The first-order valence-corrected chi connectivity index (χ1v) is 5.26. The molecule has 0 bridgehead atoms. The van der Waals surface area contributed by atoms with Gasteiger partial charge in [-0.1, -0.05) is 37.4 Å². The summed E-state index contributed by atoms with van der Waals surface area (Å²) in [5.74, 6) is 1.52. The first-order valence-electron chi connectivity index (χ1n) is 4.89. The molecule has 0 amide bonds. The van der Waals surface area contributed by atoms with Crippen molar-refractivity contribution in [3.63, 3.8) is 0 Å². The van der Waals surface area contributed by atoms with E-state index in [1.807, 2.05) is 12.3 Å². The Hall–Kier alpha value is -0.560. The number of pyridine rings is 1. The Balaban J connectivity index is 2.20. The van der Waals surface area contributed by atoms with Crippen LogP contribution < -0.4 is 0 Å². The lowest BCUT2D eigenvalue weighted by Gasteiger charge is -2.14. The van der Waals surface area contributed by atoms with Gasteiger partial charge >= 0.3 is 0 Å². The van der Waals surface area contributed by atoms with Crippen LogP contribution in [0.1, 0.15) is 37.7 Å². The van der Waals surface area contributed by atoms with Gasteiger partial charge in [0.1, 0.15) is 5.15 Å². The maximum atomic E-state index is 5.74. The molecule has 0 aliphatic heterocycles. The fourth-order valence-corrected chi connectivity index (χ4v) is 2.36. The first kappa shape index (κ1) is 9.01. The van der Waals surface area contributed by atoms with Gasteiger partial charge in [0.05, 0.1) is 0 Å². The summed E-state index contributed by atoms with van der Waals surface area (Å²) in [6.07, 6.45) is 5.95. The second-order valence-corrected chi connectivity index (χ2v) is 4.32. The first-order chi connectivity index (χ1) is 6.27. The summed E-state index contributed by atoms with van der Waals surface area (Å²) in [5.41, 5.74) is 1.36. The quantitative estimate of drug-likeness (QED) is 0.624. The molecular formula is C11H14ClN. The van der Waals surface area contributed by atoms with Crippen molar-refractivity contribution in [3.8, 4) is 0 Å². The highest BCUT2D eigenvalue weighted by molar-refractivity contribution is 6.29. The molecule has 1 saturated carbocycles. The Morgan fingerprint density at radius 3 is 2.77 bits per heavy atom. The van der Waals surface area contributed by atoms with Gasteiger partial charge < -0.3 is 0 Å². The Bertz CT molecular complexity index is 281. The van der Waals surface area contributed by atoms with Gasteiger partial charge in [-0.3, -0.25) is 0 Å². The van der Waals surface area contributed by atoms with E-state index in [4.69, 9.17) is 11.6 Å². The molecule has 1 aliphatic carbocycles. The molecule has 0 N–H and O–H groups in total. The summed E-state index contributed by atoms with van der Waals surface area (Å²) >= 11 is 5.74. The maximum absolute atomic E-state index is 5.74.